The molecule has 0 bridgehead atoms. The third kappa shape index (κ3) is 8.14. The van der Waals surface area contributed by atoms with E-state index < -0.39 is 0 Å². The summed E-state index contributed by atoms with van der Waals surface area (Å²) in [5.74, 6) is 0. The average Bonchev–Trinajstić information content (AvgIpc) is 3.18. The van der Waals surface area contributed by atoms with Crippen molar-refractivity contribution >= 4 is 23.4 Å². The van der Waals surface area contributed by atoms with Crippen LogP contribution in [0, 0.1) is 6.92 Å². The number of carbonyl (C=O) groups is 2. The number of hydrogen-bond donors (Lipinski definition) is 2. The molecule has 260 valence electrons. The Bertz CT molecular complexity index is 1800. The van der Waals surface area contributed by atoms with Crippen LogP contribution in [0.2, 0.25) is 0 Å². The van der Waals surface area contributed by atoms with E-state index in [2.05, 4.69) is 117 Å². The molecule has 8 nitrogen and oxygen atoms in total. The van der Waals surface area contributed by atoms with Crippen LogP contribution in [0.5, 0.6) is 0 Å². The lowest BCUT2D eigenvalue weighted by Gasteiger charge is -2.40. The van der Waals surface area contributed by atoms with E-state index in [4.69, 9.17) is 0 Å². The zero-order chi connectivity index (χ0) is 35.0. The van der Waals surface area contributed by atoms with Gasteiger partial charge in [-0.15, -0.1) is 0 Å². The maximum Gasteiger partial charge on any atom is 0.321 e. The first kappa shape index (κ1) is 34.0. The van der Waals surface area contributed by atoms with Crippen molar-refractivity contribution in [2.75, 3.05) is 63.0 Å². The number of hydrogen-bond acceptors (Lipinski definition) is 4. The second-order valence-corrected chi connectivity index (χ2v) is 13.4. The Hall–Kier alpha value is -5.44. The minimum atomic E-state index is -0.130. The maximum absolute atomic E-state index is 13.5. The molecule has 4 amide bonds. The molecule has 2 N–H and O–H groups in total. The molecule has 0 unspecified atom stereocenters. The lowest BCUT2D eigenvalue weighted by atomic mass is 9.96. The Kier molecular flexibility index (Phi) is 10.7. The van der Waals surface area contributed by atoms with Gasteiger partial charge in [0, 0.05) is 63.7 Å². The van der Waals surface area contributed by atoms with E-state index in [9.17, 15) is 9.59 Å². The van der Waals surface area contributed by atoms with Gasteiger partial charge in [0.1, 0.15) is 0 Å². The second-order valence-electron chi connectivity index (χ2n) is 13.4. The summed E-state index contributed by atoms with van der Waals surface area (Å²) < 4.78 is 0. The smallest absolute Gasteiger partial charge is 0.321 e. The molecule has 8 heteroatoms. The van der Waals surface area contributed by atoms with Gasteiger partial charge >= 0.3 is 12.1 Å². The number of nitrogens with one attached hydrogen (secondary N) is 2. The Morgan fingerprint density at radius 2 is 0.824 bits per heavy atom. The van der Waals surface area contributed by atoms with Crippen molar-refractivity contribution in [1.82, 2.24) is 19.6 Å². The molecule has 0 atom stereocenters. The molecule has 0 aromatic heterocycles. The van der Waals surface area contributed by atoms with E-state index in [1.165, 1.54) is 22.3 Å². The molecule has 51 heavy (non-hydrogen) atoms. The molecular formula is C43H46N6O2. The van der Waals surface area contributed by atoms with Crippen LogP contribution < -0.4 is 10.6 Å². The number of nitrogens with zero attached hydrogens (tertiary/aromatic N) is 4. The normalized spacial score (nSPS) is 15.6. The Morgan fingerprint density at radius 1 is 0.471 bits per heavy atom. The standard InChI is InChI=1S/C43H46N6O2/c1-33-22-23-38(44-42(50)48-28-24-46(25-29-48)40(34-14-6-2-7-15-34)35-16-8-3-9-17-35)32-39(33)45-43(51)49-30-26-47(27-31-49)41(36-18-10-4-11-19-36)37-20-12-5-13-21-37/h2-23,32,40-41H,24-31H2,1H3,(H,44,50)(H,45,51). The van der Waals surface area contributed by atoms with Gasteiger partial charge in [-0.2, -0.15) is 0 Å². The van der Waals surface area contributed by atoms with Crippen LogP contribution in [0.25, 0.3) is 0 Å². The van der Waals surface area contributed by atoms with Gasteiger partial charge in [0.25, 0.3) is 0 Å². The molecule has 2 aliphatic heterocycles. The third-order valence-electron chi connectivity index (χ3n) is 10.1. The maximum atomic E-state index is 13.5. The minimum absolute atomic E-state index is 0.125. The molecule has 0 spiro atoms. The number of urea groups is 2. The monoisotopic (exact) mass is 678 g/mol. The Labute approximate surface area is 301 Å². The lowest BCUT2D eigenvalue weighted by molar-refractivity contribution is 0.126. The molecule has 0 saturated carbocycles. The van der Waals surface area contributed by atoms with Gasteiger partial charge in [0.15, 0.2) is 0 Å². The highest BCUT2D eigenvalue weighted by molar-refractivity contribution is 5.93. The summed E-state index contributed by atoms with van der Waals surface area (Å²) >= 11 is 0. The van der Waals surface area contributed by atoms with Gasteiger partial charge in [0.2, 0.25) is 0 Å². The van der Waals surface area contributed by atoms with E-state index in [0.717, 1.165) is 31.7 Å². The Morgan fingerprint density at radius 3 is 1.20 bits per heavy atom. The van der Waals surface area contributed by atoms with Crippen LogP contribution in [0.4, 0.5) is 21.0 Å². The first-order chi connectivity index (χ1) is 25.0. The zero-order valence-electron chi connectivity index (χ0n) is 29.2. The summed E-state index contributed by atoms with van der Waals surface area (Å²) in [6.07, 6.45) is 0. The van der Waals surface area contributed by atoms with Crippen molar-refractivity contribution in [3.05, 3.63) is 167 Å². The highest BCUT2D eigenvalue weighted by atomic mass is 16.2. The van der Waals surface area contributed by atoms with Crippen LogP contribution in [-0.4, -0.2) is 84.0 Å². The Balaban J connectivity index is 0.944. The molecule has 2 saturated heterocycles. The molecule has 2 fully saturated rings. The topological polar surface area (TPSA) is 71.2 Å². The summed E-state index contributed by atoms with van der Waals surface area (Å²) in [6.45, 7) is 7.53. The molecule has 5 aromatic rings. The molecule has 2 aliphatic rings. The molecule has 2 heterocycles. The van der Waals surface area contributed by atoms with E-state index in [1.54, 1.807) is 0 Å². The number of piperazine rings is 2. The zero-order valence-corrected chi connectivity index (χ0v) is 29.2. The molecular weight excluding hydrogens is 633 g/mol. The predicted octanol–water partition coefficient (Wildman–Crippen LogP) is 7.87. The molecule has 5 aromatic carbocycles. The van der Waals surface area contributed by atoms with Crippen LogP contribution in [0.15, 0.2) is 140 Å². The van der Waals surface area contributed by atoms with Crippen molar-refractivity contribution in [3.63, 3.8) is 0 Å². The van der Waals surface area contributed by atoms with Gasteiger partial charge in [-0.3, -0.25) is 9.80 Å². The third-order valence-corrected chi connectivity index (χ3v) is 10.1. The fourth-order valence-corrected chi connectivity index (χ4v) is 7.37. The van der Waals surface area contributed by atoms with Crippen molar-refractivity contribution in [3.8, 4) is 0 Å². The van der Waals surface area contributed by atoms with Gasteiger partial charge in [0.05, 0.1) is 12.1 Å². The number of carbonyl (C=O) groups excluding carboxylic acids is 2. The first-order valence-corrected chi connectivity index (χ1v) is 17.9. The number of anilines is 2. The predicted molar refractivity (Wildman–Crippen MR) is 205 cm³/mol. The van der Waals surface area contributed by atoms with Crippen molar-refractivity contribution in [2.45, 2.75) is 19.0 Å². The van der Waals surface area contributed by atoms with Crippen LogP contribution in [0.1, 0.15) is 39.9 Å². The largest absolute Gasteiger partial charge is 0.322 e. The average molecular weight is 679 g/mol. The van der Waals surface area contributed by atoms with Gasteiger partial charge in [-0.1, -0.05) is 127 Å². The highest BCUT2D eigenvalue weighted by Crippen LogP contribution is 2.31. The van der Waals surface area contributed by atoms with Crippen LogP contribution in [0.3, 0.4) is 0 Å². The number of amides is 4. The number of rotatable bonds is 8. The second kappa shape index (κ2) is 16.1. The van der Waals surface area contributed by atoms with Gasteiger partial charge < -0.3 is 20.4 Å². The number of aryl methyl sites for hydroxylation is 1. The van der Waals surface area contributed by atoms with Crippen molar-refractivity contribution in [1.29, 1.82) is 0 Å². The van der Waals surface area contributed by atoms with Crippen LogP contribution >= 0.6 is 0 Å². The minimum Gasteiger partial charge on any atom is -0.322 e. The van der Waals surface area contributed by atoms with Gasteiger partial charge in [-0.05, 0) is 46.9 Å². The van der Waals surface area contributed by atoms with E-state index in [0.29, 0.717) is 37.6 Å². The summed E-state index contributed by atoms with van der Waals surface area (Å²) in [5.41, 5.74) is 7.30. The van der Waals surface area contributed by atoms with E-state index in [1.807, 2.05) is 59.2 Å². The highest BCUT2D eigenvalue weighted by Gasteiger charge is 2.30. The number of benzene rings is 5. The van der Waals surface area contributed by atoms with Crippen molar-refractivity contribution < 1.29 is 9.59 Å². The van der Waals surface area contributed by atoms with Gasteiger partial charge in [-0.25, -0.2) is 9.59 Å². The first-order valence-electron chi connectivity index (χ1n) is 17.9. The molecule has 7 rings (SSSR count). The SMILES string of the molecule is Cc1ccc(NC(=O)N2CCN(C(c3ccccc3)c3ccccc3)CC2)cc1NC(=O)N1CCN(C(c2ccccc2)c2ccccc2)CC1. The quantitative estimate of drug-likeness (QED) is 0.175. The van der Waals surface area contributed by atoms with E-state index >= 15 is 0 Å². The fraction of sp³-hybridized carbons (Fsp3) is 0.256. The van der Waals surface area contributed by atoms with Crippen LogP contribution in [-0.2, 0) is 0 Å². The fourth-order valence-electron chi connectivity index (χ4n) is 7.37. The lowest BCUT2D eigenvalue weighted by Crippen LogP contribution is -2.51. The summed E-state index contributed by atoms with van der Waals surface area (Å²) in [4.78, 5) is 35.6. The summed E-state index contributed by atoms with van der Waals surface area (Å²) in [6, 6.07) is 48.0. The molecule has 0 radical (unpaired) electrons. The van der Waals surface area contributed by atoms with E-state index in [-0.39, 0.29) is 24.1 Å². The molecule has 0 aliphatic carbocycles. The van der Waals surface area contributed by atoms with Crippen molar-refractivity contribution in [2.24, 2.45) is 0 Å². The summed E-state index contributed by atoms with van der Waals surface area (Å²) in [7, 11) is 0. The summed E-state index contributed by atoms with van der Waals surface area (Å²) in [5, 5.41) is 6.21.